The average Bonchev–Trinajstić information content (AvgIpc) is 2.95. The maximum Gasteiger partial charge on any atom is 0.223 e. The predicted octanol–water partition coefficient (Wildman–Crippen LogP) is 1.06. The molecule has 2 rings (SSSR count). The third-order valence-corrected chi connectivity index (χ3v) is 4.48. The molecule has 1 aromatic carbocycles. The fraction of sp³-hybridized carbons (Fsp3) is 0.591. The Hall–Kier alpha value is -2.55. The first kappa shape index (κ1) is 26.5. The molecule has 1 fully saturated rings. The molecule has 1 N–H and O–H groups in total. The summed E-state index contributed by atoms with van der Waals surface area (Å²) in [6.07, 6.45) is 0.475. The van der Waals surface area contributed by atoms with Gasteiger partial charge in [-0.05, 0) is 18.4 Å². The number of carbonyl (C=O) groups is 3. The van der Waals surface area contributed by atoms with Gasteiger partial charge in [0.2, 0.25) is 11.8 Å². The SMILES string of the molecule is CC(C)[C@H](NC(=O)C[C@@H]1CCC(=O)N1Cc1cccc(F)c1F)C(=O)[O-].C[N+](C)(C)C. The van der Waals surface area contributed by atoms with E-state index in [0.717, 1.165) is 10.5 Å². The minimum absolute atomic E-state index is 0.0282. The first-order chi connectivity index (χ1) is 14.2. The minimum Gasteiger partial charge on any atom is -0.548 e. The number of quaternary nitrogens is 1. The molecule has 1 aliphatic heterocycles. The third-order valence-electron chi connectivity index (χ3n) is 4.48. The number of halogens is 2. The van der Waals surface area contributed by atoms with E-state index in [0.29, 0.717) is 6.42 Å². The van der Waals surface area contributed by atoms with Crippen LogP contribution in [0.5, 0.6) is 0 Å². The largest absolute Gasteiger partial charge is 0.548 e. The van der Waals surface area contributed by atoms with E-state index in [2.05, 4.69) is 33.5 Å². The summed E-state index contributed by atoms with van der Waals surface area (Å²) in [5, 5.41) is 13.5. The predicted molar refractivity (Wildman–Crippen MR) is 110 cm³/mol. The van der Waals surface area contributed by atoms with Gasteiger partial charge in [0, 0.05) is 31.0 Å². The molecular weight excluding hydrogens is 408 g/mol. The van der Waals surface area contributed by atoms with E-state index in [9.17, 15) is 28.3 Å². The van der Waals surface area contributed by atoms with E-state index in [1.54, 1.807) is 13.8 Å². The summed E-state index contributed by atoms with van der Waals surface area (Å²) in [5.74, 6) is -4.55. The number of amides is 2. The quantitative estimate of drug-likeness (QED) is 0.641. The van der Waals surface area contributed by atoms with Gasteiger partial charge >= 0.3 is 0 Å². The number of aliphatic carboxylic acids is 1. The van der Waals surface area contributed by atoms with Crippen LogP contribution >= 0.6 is 0 Å². The van der Waals surface area contributed by atoms with Crippen molar-refractivity contribution >= 4 is 17.8 Å². The van der Waals surface area contributed by atoms with E-state index in [1.165, 1.54) is 17.0 Å². The van der Waals surface area contributed by atoms with Crippen LogP contribution in [0.2, 0.25) is 0 Å². The number of likely N-dealkylation sites (tertiary alicyclic amines) is 1. The molecule has 9 heteroatoms. The highest BCUT2D eigenvalue weighted by atomic mass is 19.2. The number of carbonyl (C=O) groups excluding carboxylic acids is 3. The van der Waals surface area contributed by atoms with Crippen LogP contribution in [-0.2, 0) is 20.9 Å². The molecule has 0 bridgehead atoms. The van der Waals surface area contributed by atoms with Crippen LogP contribution in [0.25, 0.3) is 0 Å². The highest BCUT2D eigenvalue weighted by Gasteiger charge is 2.33. The summed E-state index contributed by atoms with van der Waals surface area (Å²) in [7, 11) is 8.50. The highest BCUT2D eigenvalue weighted by Crippen LogP contribution is 2.25. The molecule has 0 radical (unpaired) electrons. The van der Waals surface area contributed by atoms with Crippen molar-refractivity contribution in [3.63, 3.8) is 0 Å². The molecule has 1 aromatic rings. The lowest BCUT2D eigenvalue weighted by Crippen LogP contribution is -2.51. The van der Waals surface area contributed by atoms with E-state index >= 15 is 0 Å². The fourth-order valence-corrected chi connectivity index (χ4v) is 3.02. The van der Waals surface area contributed by atoms with Crippen molar-refractivity contribution in [2.75, 3.05) is 28.2 Å². The van der Waals surface area contributed by atoms with Crippen molar-refractivity contribution in [1.29, 1.82) is 0 Å². The second-order valence-corrected chi connectivity index (χ2v) is 9.42. The Bertz CT molecular complexity index is 787. The van der Waals surface area contributed by atoms with Crippen molar-refractivity contribution in [3.05, 3.63) is 35.4 Å². The van der Waals surface area contributed by atoms with Crippen LogP contribution in [0.15, 0.2) is 18.2 Å². The van der Waals surface area contributed by atoms with Gasteiger partial charge in [-0.15, -0.1) is 0 Å². The highest BCUT2D eigenvalue weighted by molar-refractivity contribution is 5.85. The van der Waals surface area contributed by atoms with Gasteiger partial charge in [-0.25, -0.2) is 8.78 Å². The summed E-state index contributed by atoms with van der Waals surface area (Å²) < 4.78 is 28.2. The Kier molecular flexibility index (Phi) is 9.55. The number of rotatable bonds is 7. The second-order valence-electron chi connectivity index (χ2n) is 9.42. The number of nitrogens with one attached hydrogen (secondary N) is 1. The van der Waals surface area contributed by atoms with Crippen LogP contribution in [0.3, 0.4) is 0 Å². The van der Waals surface area contributed by atoms with Gasteiger partial charge in [-0.2, -0.15) is 0 Å². The zero-order chi connectivity index (χ0) is 23.9. The molecule has 174 valence electrons. The summed E-state index contributed by atoms with van der Waals surface area (Å²) >= 11 is 0. The Balaban J connectivity index is 0.000000861. The smallest absolute Gasteiger partial charge is 0.223 e. The molecule has 2 amide bonds. The van der Waals surface area contributed by atoms with Gasteiger partial charge in [-0.3, -0.25) is 9.59 Å². The van der Waals surface area contributed by atoms with Gasteiger partial charge in [0.15, 0.2) is 11.6 Å². The minimum atomic E-state index is -1.38. The monoisotopic (exact) mass is 441 g/mol. The standard InChI is InChI=1S/C18H22F2N2O4.C4H12N/c1-10(2)17(18(25)26)21-14(23)8-12-6-7-15(24)22(12)9-11-4-3-5-13(19)16(11)20;1-5(2,3)4/h3-5,10,12,17H,6-9H2,1-2H3,(H,21,23)(H,25,26);1-4H3/q;+1/p-1/t12-,17-;/m0./s1. The number of hydrogen-bond acceptors (Lipinski definition) is 4. The van der Waals surface area contributed by atoms with Gasteiger partial charge in [0.25, 0.3) is 0 Å². The maximum absolute atomic E-state index is 13.9. The van der Waals surface area contributed by atoms with Crippen LogP contribution in [0, 0.1) is 17.6 Å². The van der Waals surface area contributed by atoms with Gasteiger partial charge in [-0.1, -0.05) is 26.0 Å². The Morgan fingerprint density at radius 1 is 1.23 bits per heavy atom. The zero-order valence-electron chi connectivity index (χ0n) is 19.1. The molecule has 7 nitrogen and oxygen atoms in total. The third kappa shape index (κ3) is 9.00. The van der Waals surface area contributed by atoms with Crippen molar-refractivity contribution in [1.82, 2.24) is 10.2 Å². The van der Waals surface area contributed by atoms with Crippen molar-refractivity contribution < 1.29 is 32.8 Å². The first-order valence-electron chi connectivity index (χ1n) is 10.2. The Morgan fingerprint density at radius 3 is 2.32 bits per heavy atom. The lowest BCUT2D eigenvalue weighted by molar-refractivity contribution is -0.849. The van der Waals surface area contributed by atoms with Crippen molar-refractivity contribution in [2.45, 2.75) is 51.7 Å². The maximum atomic E-state index is 13.9. The van der Waals surface area contributed by atoms with Crippen LogP contribution in [0.4, 0.5) is 8.78 Å². The summed E-state index contributed by atoms with van der Waals surface area (Å²) in [6, 6.07) is 2.09. The number of carboxylic acid groups (broad SMARTS) is 1. The van der Waals surface area contributed by atoms with Crippen molar-refractivity contribution in [3.8, 4) is 0 Å². The molecule has 0 unspecified atom stereocenters. The number of hydrogen-bond donors (Lipinski definition) is 1. The molecule has 2 atom stereocenters. The number of carboxylic acids is 1. The lowest BCUT2D eigenvalue weighted by Gasteiger charge is -2.27. The summed E-state index contributed by atoms with van der Waals surface area (Å²) in [5.41, 5.74) is 0.0282. The van der Waals surface area contributed by atoms with Crippen LogP contribution in [0.1, 0.15) is 38.7 Å². The molecule has 0 saturated carbocycles. The zero-order valence-corrected chi connectivity index (χ0v) is 19.1. The second kappa shape index (κ2) is 11.2. The first-order valence-corrected chi connectivity index (χ1v) is 10.2. The van der Waals surface area contributed by atoms with Crippen LogP contribution in [-0.4, -0.2) is 67.4 Å². The van der Waals surface area contributed by atoms with E-state index in [1.807, 2.05) is 0 Å². The molecule has 31 heavy (non-hydrogen) atoms. The van der Waals surface area contributed by atoms with Gasteiger partial charge in [0.05, 0.1) is 40.2 Å². The molecule has 0 aromatic heterocycles. The molecular formula is C22H33F2N3O4. The Labute approximate surface area is 182 Å². The van der Waals surface area contributed by atoms with Crippen LogP contribution < -0.4 is 10.4 Å². The fourth-order valence-electron chi connectivity index (χ4n) is 3.02. The molecule has 1 saturated heterocycles. The molecule has 0 aliphatic carbocycles. The van der Waals surface area contributed by atoms with Gasteiger partial charge < -0.3 is 24.6 Å². The molecule has 1 aliphatic rings. The van der Waals surface area contributed by atoms with E-state index in [4.69, 9.17) is 0 Å². The Morgan fingerprint density at radius 2 is 1.81 bits per heavy atom. The van der Waals surface area contributed by atoms with Gasteiger partial charge in [0.1, 0.15) is 0 Å². The normalized spacial score (nSPS) is 17.3. The summed E-state index contributed by atoms with van der Waals surface area (Å²) in [6.45, 7) is 3.13. The molecule has 0 spiro atoms. The number of nitrogens with zero attached hydrogens (tertiary/aromatic N) is 2. The van der Waals surface area contributed by atoms with E-state index < -0.39 is 35.6 Å². The topological polar surface area (TPSA) is 89.5 Å². The average molecular weight is 442 g/mol. The van der Waals surface area contributed by atoms with Crippen molar-refractivity contribution in [2.24, 2.45) is 5.92 Å². The lowest BCUT2D eigenvalue weighted by atomic mass is 10.0. The summed E-state index contributed by atoms with van der Waals surface area (Å²) in [4.78, 5) is 36.7. The number of benzene rings is 1. The molecule has 1 heterocycles. The van der Waals surface area contributed by atoms with E-state index in [-0.39, 0.29) is 36.8 Å².